The zero-order chi connectivity index (χ0) is 20.3. The number of carbonyl (C=O) groups excluding carboxylic acids is 1. The number of likely N-dealkylation sites (N-methyl/N-ethyl adjacent to an activating group) is 1. The highest BCUT2D eigenvalue weighted by Crippen LogP contribution is 2.16. The molecule has 0 bridgehead atoms. The Kier molecular flexibility index (Phi) is 5.03. The van der Waals surface area contributed by atoms with E-state index in [0.29, 0.717) is 0 Å². The van der Waals surface area contributed by atoms with Gasteiger partial charge in [0.2, 0.25) is 5.91 Å². The van der Waals surface area contributed by atoms with Gasteiger partial charge in [-0.1, -0.05) is 30.3 Å². The minimum atomic E-state index is -0.779. The largest absolute Gasteiger partial charge is 0.383 e. The molecule has 0 saturated heterocycles. The normalized spacial score (nSPS) is 10.4. The summed E-state index contributed by atoms with van der Waals surface area (Å²) >= 11 is 0. The van der Waals surface area contributed by atoms with Crippen LogP contribution in [0.25, 0.3) is 0 Å². The van der Waals surface area contributed by atoms with Gasteiger partial charge in [-0.3, -0.25) is 19.1 Å². The maximum Gasteiger partial charge on any atom is 0.330 e. The highest BCUT2D eigenvalue weighted by atomic mass is 16.2. The number of nitrogens with one attached hydrogen (secondary N) is 1. The summed E-state index contributed by atoms with van der Waals surface area (Å²) < 4.78 is 2.35. The predicted molar refractivity (Wildman–Crippen MR) is 99.4 cm³/mol. The van der Waals surface area contributed by atoms with Crippen molar-refractivity contribution in [1.82, 2.24) is 24.3 Å². The smallest absolute Gasteiger partial charge is 0.330 e. The van der Waals surface area contributed by atoms with Gasteiger partial charge in [-0.2, -0.15) is 5.26 Å². The minimum Gasteiger partial charge on any atom is -0.383 e. The van der Waals surface area contributed by atoms with Gasteiger partial charge in [-0.05, 0) is 5.56 Å². The standard InChI is InChI=1S/C17H16N8O3/c1-23(13(26)9-24-10-20-12(7-18)22-24)14-15(19)25(17(28)21-16(14)27)8-11-5-3-2-4-6-11/h2-6,10H,8-9,19H2,1H3,(H,21,27,28). The van der Waals surface area contributed by atoms with Crippen LogP contribution in [0.5, 0.6) is 0 Å². The van der Waals surface area contributed by atoms with Crippen LogP contribution >= 0.6 is 0 Å². The lowest BCUT2D eigenvalue weighted by atomic mass is 10.2. The molecule has 0 fully saturated rings. The number of aromatic amines is 1. The Morgan fingerprint density at radius 1 is 1.32 bits per heavy atom. The summed E-state index contributed by atoms with van der Waals surface area (Å²) in [6.45, 7) is -0.131. The molecule has 0 aliphatic rings. The van der Waals surface area contributed by atoms with Crippen molar-refractivity contribution in [1.29, 1.82) is 5.26 Å². The first-order valence-corrected chi connectivity index (χ1v) is 8.13. The summed E-state index contributed by atoms with van der Waals surface area (Å²) in [6.07, 6.45) is 1.23. The topological polar surface area (TPSA) is 156 Å². The van der Waals surface area contributed by atoms with E-state index in [1.807, 2.05) is 30.3 Å². The average Bonchev–Trinajstić information content (AvgIpc) is 3.13. The first-order valence-electron chi connectivity index (χ1n) is 8.13. The quantitative estimate of drug-likeness (QED) is 0.592. The molecule has 0 radical (unpaired) electrons. The second-order valence-corrected chi connectivity index (χ2v) is 5.90. The highest BCUT2D eigenvalue weighted by molar-refractivity contribution is 5.94. The molecule has 3 N–H and O–H groups in total. The molecule has 142 valence electrons. The summed E-state index contributed by atoms with van der Waals surface area (Å²) in [5.74, 6) is -0.745. The van der Waals surface area contributed by atoms with E-state index in [-0.39, 0.29) is 30.4 Å². The summed E-state index contributed by atoms with van der Waals surface area (Å²) in [5, 5.41) is 12.5. The van der Waals surface area contributed by atoms with Gasteiger partial charge in [-0.15, -0.1) is 5.10 Å². The highest BCUT2D eigenvalue weighted by Gasteiger charge is 2.21. The van der Waals surface area contributed by atoms with Gasteiger partial charge >= 0.3 is 5.69 Å². The van der Waals surface area contributed by atoms with Crippen LogP contribution in [0.4, 0.5) is 11.5 Å². The Balaban J connectivity index is 1.93. The number of nitrogens with zero attached hydrogens (tertiary/aromatic N) is 6. The van der Waals surface area contributed by atoms with E-state index in [1.165, 1.54) is 22.6 Å². The summed E-state index contributed by atoms with van der Waals surface area (Å²) in [7, 11) is 1.36. The number of nitriles is 1. The molecule has 3 rings (SSSR count). The minimum absolute atomic E-state index is 0.0794. The molecule has 2 heterocycles. The number of nitrogens with two attached hydrogens (primary N) is 1. The number of hydrogen-bond donors (Lipinski definition) is 2. The SMILES string of the molecule is CN(C(=O)Cn1cnc(C#N)n1)c1c(N)n(Cc2ccccc2)c(=O)[nH]c1=O. The van der Waals surface area contributed by atoms with Crippen molar-refractivity contribution in [2.24, 2.45) is 0 Å². The van der Waals surface area contributed by atoms with Crippen molar-refractivity contribution in [3.8, 4) is 6.07 Å². The average molecular weight is 380 g/mol. The van der Waals surface area contributed by atoms with E-state index < -0.39 is 17.2 Å². The van der Waals surface area contributed by atoms with Gasteiger partial charge in [0.25, 0.3) is 11.4 Å². The van der Waals surface area contributed by atoms with Gasteiger partial charge in [0, 0.05) is 7.05 Å². The number of carbonyl (C=O) groups is 1. The number of rotatable bonds is 5. The molecule has 11 heteroatoms. The van der Waals surface area contributed by atoms with Crippen molar-refractivity contribution < 1.29 is 4.79 Å². The Bertz CT molecular complexity index is 1170. The second kappa shape index (κ2) is 7.58. The number of H-pyrrole nitrogens is 1. The van der Waals surface area contributed by atoms with Crippen molar-refractivity contribution >= 4 is 17.4 Å². The Labute approximate surface area is 158 Å². The first-order chi connectivity index (χ1) is 13.4. The van der Waals surface area contributed by atoms with Gasteiger partial charge in [0.05, 0.1) is 6.54 Å². The fraction of sp³-hybridized carbons (Fsp3) is 0.176. The molecule has 3 aromatic rings. The van der Waals surface area contributed by atoms with Crippen LogP contribution in [0.1, 0.15) is 11.4 Å². The molecule has 0 unspecified atom stereocenters. The monoisotopic (exact) mass is 380 g/mol. The first kappa shape index (κ1) is 18.6. The summed E-state index contributed by atoms with van der Waals surface area (Å²) in [6, 6.07) is 10.8. The maximum atomic E-state index is 12.5. The number of amides is 1. The van der Waals surface area contributed by atoms with E-state index in [4.69, 9.17) is 11.0 Å². The lowest BCUT2D eigenvalue weighted by molar-refractivity contribution is -0.119. The van der Waals surface area contributed by atoms with Crippen LogP contribution in [0.15, 0.2) is 46.2 Å². The molecule has 1 amide bonds. The third-order valence-electron chi connectivity index (χ3n) is 4.04. The van der Waals surface area contributed by atoms with Crippen LogP contribution in [-0.2, 0) is 17.9 Å². The molecular weight excluding hydrogens is 364 g/mol. The Morgan fingerprint density at radius 3 is 2.68 bits per heavy atom. The number of benzene rings is 1. The number of nitrogen functional groups attached to an aromatic ring is 1. The lowest BCUT2D eigenvalue weighted by Gasteiger charge is -2.20. The molecule has 28 heavy (non-hydrogen) atoms. The van der Waals surface area contributed by atoms with E-state index in [1.54, 1.807) is 6.07 Å². The number of aromatic nitrogens is 5. The van der Waals surface area contributed by atoms with Gasteiger partial charge in [-0.25, -0.2) is 14.5 Å². The van der Waals surface area contributed by atoms with Gasteiger partial charge in [0.15, 0.2) is 5.69 Å². The van der Waals surface area contributed by atoms with Crippen molar-refractivity contribution in [3.63, 3.8) is 0 Å². The van der Waals surface area contributed by atoms with Gasteiger partial charge in [0.1, 0.15) is 24.8 Å². The van der Waals surface area contributed by atoms with Crippen LogP contribution in [-0.4, -0.2) is 37.3 Å². The summed E-state index contributed by atoms with van der Waals surface area (Å²) in [4.78, 5) is 44.0. The van der Waals surface area contributed by atoms with Crippen LogP contribution in [0.3, 0.4) is 0 Å². The van der Waals surface area contributed by atoms with Crippen molar-refractivity contribution in [3.05, 3.63) is 68.9 Å². The second-order valence-electron chi connectivity index (χ2n) is 5.90. The number of hydrogen-bond acceptors (Lipinski definition) is 7. The van der Waals surface area contributed by atoms with Crippen LogP contribution < -0.4 is 21.9 Å². The fourth-order valence-electron chi connectivity index (χ4n) is 2.62. The van der Waals surface area contributed by atoms with E-state index in [0.717, 1.165) is 10.5 Å². The molecule has 0 aliphatic heterocycles. The van der Waals surface area contributed by atoms with Crippen molar-refractivity contribution in [2.75, 3.05) is 17.7 Å². The molecule has 2 aromatic heterocycles. The predicted octanol–water partition coefficient (Wildman–Crippen LogP) is -0.707. The fourth-order valence-corrected chi connectivity index (χ4v) is 2.62. The van der Waals surface area contributed by atoms with E-state index in [2.05, 4.69) is 15.1 Å². The Morgan fingerprint density at radius 2 is 2.04 bits per heavy atom. The Hall–Kier alpha value is -4.20. The maximum absolute atomic E-state index is 12.5. The molecule has 11 nitrogen and oxygen atoms in total. The summed E-state index contributed by atoms with van der Waals surface area (Å²) in [5.41, 5.74) is 5.26. The zero-order valence-electron chi connectivity index (χ0n) is 14.9. The van der Waals surface area contributed by atoms with E-state index >= 15 is 0 Å². The zero-order valence-corrected chi connectivity index (χ0v) is 14.9. The van der Waals surface area contributed by atoms with Crippen LogP contribution in [0, 0.1) is 11.3 Å². The van der Waals surface area contributed by atoms with Crippen molar-refractivity contribution in [2.45, 2.75) is 13.1 Å². The third kappa shape index (κ3) is 3.65. The number of anilines is 2. The molecule has 1 aromatic carbocycles. The van der Waals surface area contributed by atoms with Crippen LogP contribution in [0.2, 0.25) is 0 Å². The van der Waals surface area contributed by atoms with E-state index in [9.17, 15) is 14.4 Å². The molecule has 0 saturated carbocycles. The molecule has 0 aliphatic carbocycles. The molecule has 0 spiro atoms. The third-order valence-corrected chi connectivity index (χ3v) is 4.04. The molecular formula is C17H16N8O3. The molecule has 0 atom stereocenters. The lowest BCUT2D eigenvalue weighted by Crippen LogP contribution is -2.40. The van der Waals surface area contributed by atoms with Gasteiger partial charge < -0.3 is 10.6 Å².